The predicted octanol–water partition coefficient (Wildman–Crippen LogP) is 5.16. The van der Waals surface area contributed by atoms with Gasteiger partial charge in [-0.15, -0.1) is 0 Å². The van der Waals surface area contributed by atoms with E-state index in [1.54, 1.807) is 6.07 Å². The summed E-state index contributed by atoms with van der Waals surface area (Å²) >= 11 is 18.4. The summed E-state index contributed by atoms with van der Waals surface area (Å²) in [4.78, 5) is 0. The van der Waals surface area contributed by atoms with Crippen LogP contribution in [0.25, 0.3) is 0 Å². The first kappa shape index (κ1) is 16.6. The van der Waals surface area contributed by atoms with Crippen LogP contribution < -0.4 is 5.32 Å². The van der Waals surface area contributed by atoms with Gasteiger partial charge in [-0.3, -0.25) is 0 Å². The van der Waals surface area contributed by atoms with Crippen molar-refractivity contribution in [2.24, 2.45) is 0 Å². The minimum absolute atomic E-state index is 0.0571. The van der Waals surface area contributed by atoms with E-state index in [0.717, 1.165) is 11.1 Å². The summed E-state index contributed by atoms with van der Waals surface area (Å²) in [6.45, 7) is 0. The Hall–Kier alpha value is -0.800. The molecule has 0 amide bonds. The average molecular weight is 347 g/mol. The highest BCUT2D eigenvalue weighted by atomic mass is 35.5. The molecule has 0 radical (unpaired) electrons. The van der Waals surface area contributed by atoms with E-state index in [1.807, 2.05) is 31.3 Å². The lowest BCUT2D eigenvalue weighted by Crippen LogP contribution is -2.30. The third kappa shape index (κ3) is 4.10. The molecule has 2 aromatic carbocycles. The molecule has 2 aromatic rings. The SMILES string of the molecule is CNC(Cc1cccc(F)c1Cl)Cc1c(Cl)cccc1Cl. The van der Waals surface area contributed by atoms with Crippen LogP contribution >= 0.6 is 34.8 Å². The second kappa shape index (κ2) is 7.46. The highest BCUT2D eigenvalue weighted by Gasteiger charge is 2.15. The summed E-state index contributed by atoms with van der Waals surface area (Å²) in [7, 11) is 1.85. The molecule has 0 aliphatic rings. The van der Waals surface area contributed by atoms with E-state index in [2.05, 4.69) is 5.32 Å². The van der Waals surface area contributed by atoms with Gasteiger partial charge >= 0.3 is 0 Å². The lowest BCUT2D eigenvalue weighted by Gasteiger charge is -2.18. The molecule has 0 heterocycles. The summed E-state index contributed by atoms with van der Waals surface area (Å²) in [5.74, 6) is -0.403. The standard InChI is InChI=1S/C16H15Cl3FN/c1-21-11(8-10-4-2-7-15(20)16(10)19)9-12-13(17)5-3-6-14(12)18/h2-7,11,21H,8-9H2,1H3. The van der Waals surface area contributed by atoms with E-state index in [-0.39, 0.29) is 11.1 Å². The van der Waals surface area contributed by atoms with E-state index in [1.165, 1.54) is 6.07 Å². The minimum atomic E-state index is -0.403. The van der Waals surface area contributed by atoms with E-state index >= 15 is 0 Å². The van der Waals surface area contributed by atoms with Gasteiger partial charge in [0.05, 0.1) is 5.02 Å². The molecule has 21 heavy (non-hydrogen) atoms. The number of likely N-dealkylation sites (N-methyl/N-ethyl adjacent to an activating group) is 1. The smallest absolute Gasteiger partial charge is 0.142 e. The van der Waals surface area contributed by atoms with Gasteiger partial charge in [0.2, 0.25) is 0 Å². The molecule has 0 aromatic heterocycles. The lowest BCUT2D eigenvalue weighted by atomic mass is 9.99. The van der Waals surface area contributed by atoms with Crippen LogP contribution in [0.5, 0.6) is 0 Å². The Kier molecular flexibility index (Phi) is 5.88. The fourth-order valence-corrected chi connectivity index (χ4v) is 2.98. The molecular formula is C16H15Cl3FN. The summed E-state index contributed by atoms with van der Waals surface area (Å²) in [5, 5.41) is 4.64. The molecule has 1 atom stereocenters. The van der Waals surface area contributed by atoms with Crippen molar-refractivity contribution in [1.29, 1.82) is 0 Å². The topological polar surface area (TPSA) is 12.0 Å². The summed E-state index contributed by atoms with van der Waals surface area (Å²) in [5.41, 5.74) is 1.65. The Morgan fingerprint density at radius 3 is 2.24 bits per heavy atom. The normalized spacial score (nSPS) is 12.4. The fraction of sp³-hybridized carbons (Fsp3) is 0.250. The second-order valence-corrected chi connectivity index (χ2v) is 6.00. The van der Waals surface area contributed by atoms with Gasteiger partial charge in [-0.25, -0.2) is 4.39 Å². The largest absolute Gasteiger partial charge is 0.316 e. The quantitative estimate of drug-likeness (QED) is 0.788. The van der Waals surface area contributed by atoms with Crippen molar-refractivity contribution in [3.8, 4) is 0 Å². The van der Waals surface area contributed by atoms with Crippen LogP contribution in [0.3, 0.4) is 0 Å². The van der Waals surface area contributed by atoms with Crippen molar-refractivity contribution < 1.29 is 4.39 Å². The average Bonchev–Trinajstić information content (AvgIpc) is 2.46. The van der Waals surface area contributed by atoms with Crippen LogP contribution in [0.15, 0.2) is 36.4 Å². The van der Waals surface area contributed by atoms with Crippen LogP contribution in [-0.4, -0.2) is 13.1 Å². The summed E-state index contributed by atoms with van der Waals surface area (Å²) in [6, 6.07) is 10.3. The third-order valence-corrected chi connectivity index (χ3v) is 4.55. The number of rotatable bonds is 5. The van der Waals surface area contributed by atoms with E-state index in [0.29, 0.717) is 22.9 Å². The van der Waals surface area contributed by atoms with Crippen LogP contribution in [0.2, 0.25) is 15.1 Å². The van der Waals surface area contributed by atoms with Crippen LogP contribution in [-0.2, 0) is 12.8 Å². The summed E-state index contributed by atoms with van der Waals surface area (Å²) in [6.07, 6.45) is 1.23. The zero-order valence-corrected chi connectivity index (χ0v) is 13.7. The summed E-state index contributed by atoms with van der Waals surface area (Å²) < 4.78 is 13.5. The Morgan fingerprint density at radius 1 is 1.00 bits per heavy atom. The highest BCUT2D eigenvalue weighted by molar-refractivity contribution is 6.36. The first-order valence-electron chi connectivity index (χ1n) is 6.56. The van der Waals surface area contributed by atoms with Gasteiger partial charge in [0, 0.05) is 16.1 Å². The van der Waals surface area contributed by atoms with Gasteiger partial charge in [0.15, 0.2) is 0 Å². The molecule has 0 saturated carbocycles. The van der Waals surface area contributed by atoms with Gasteiger partial charge in [0.1, 0.15) is 5.82 Å². The molecule has 0 fully saturated rings. The minimum Gasteiger partial charge on any atom is -0.316 e. The van der Waals surface area contributed by atoms with Crippen molar-refractivity contribution in [2.45, 2.75) is 18.9 Å². The second-order valence-electron chi connectivity index (χ2n) is 4.81. The van der Waals surface area contributed by atoms with Gasteiger partial charge in [-0.05, 0) is 49.2 Å². The van der Waals surface area contributed by atoms with Crippen LogP contribution in [0.1, 0.15) is 11.1 Å². The Balaban J connectivity index is 2.19. The molecule has 0 bridgehead atoms. The first-order valence-corrected chi connectivity index (χ1v) is 7.69. The fourth-order valence-electron chi connectivity index (χ4n) is 2.22. The number of hydrogen-bond acceptors (Lipinski definition) is 1. The molecule has 112 valence electrons. The molecule has 2 rings (SSSR count). The zero-order chi connectivity index (χ0) is 15.4. The molecular weight excluding hydrogens is 332 g/mol. The predicted molar refractivity (Wildman–Crippen MR) is 88.1 cm³/mol. The molecule has 0 spiro atoms. The molecule has 0 aliphatic heterocycles. The van der Waals surface area contributed by atoms with Crippen molar-refractivity contribution in [3.05, 3.63) is 68.4 Å². The van der Waals surface area contributed by atoms with Crippen molar-refractivity contribution in [3.63, 3.8) is 0 Å². The lowest BCUT2D eigenvalue weighted by molar-refractivity contribution is 0.553. The van der Waals surface area contributed by atoms with Gasteiger partial charge in [0.25, 0.3) is 0 Å². The molecule has 1 N–H and O–H groups in total. The molecule has 0 saturated heterocycles. The number of nitrogens with one attached hydrogen (secondary N) is 1. The van der Waals surface area contributed by atoms with Crippen molar-refractivity contribution in [2.75, 3.05) is 7.05 Å². The van der Waals surface area contributed by atoms with Gasteiger partial charge in [-0.2, -0.15) is 0 Å². The van der Waals surface area contributed by atoms with Crippen molar-refractivity contribution >= 4 is 34.8 Å². The first-order chi connectivity index (χ1) is 10.0. The van der Waals surface area contributed by atoms with Crippen LogP contribution in [0, 0.1) is 5.82 Å². The maximum atomic E-state index is 13.5. The third-order valence-electron chi connectivity index (χ3n) is 3.42. The Bertz CT molecular complexity index is 611. The van der Waals surface area contributed by atoms with Gasteiger partial charge < -0.3 is 5.32 Å². The molecule has 1 nitrogen and oxygen atoms in total. The monoisotopic (exact) mass is 345 g/mol. The zero-order valence-electron chi connectivity index (χ0n) is 11.5. The molecule has 1 unspecified atom stereocenters. The Morgan fingerprint density at radius 2 is 1.62 bits per heavy atom. The Labute approximate surface area is 139 Å². The van der Waals surface area contributed by atoms with E-state index in [4.69, 9.17) is 34.8 Å². The number of benzene rings is 2. The van der Waals surface area contributed by atoms with Crippen molar-refractivity contribution in [1.82, 2.24) is 5.32 Å². The molecule has 0 aliphatic carbocycles. The van der Waals surface area contributed by atoms with Gasteiger partial charge in [-0.1, -0.05) is 53.0 Å². The number of hydrogen-bond donors (Lipinski definition) is 1. The maximum absolute atomic E-state index is 13.5. The highest BCUT2D eigenvalue weighted by Crippen LogP contribution is 2.27. The maximum Gasteiger partial charge on any atom is 0.142 e. The van der Waals surface area contributed by atoms with E-state index in [9.17, 15) is 4.39 Å². The molecule has 5 heteroatoms. The van der Waals surface area contributed by atoms with Crippen LogP contribution in [0.4, 0.5) is 4.39 Å². The van der Waals surface area contributed by atoms with E-state index < -0.39 is 5.82 Å². The number of halogens is 4.